The highest BCUT2D eigenvalue weighted by Gasteiger charge is 2.18. The number of hydrogen-bond acceptors (Lipinski definition) is 2. The summed E-state index contributed by atoms with van der Waals surface area (Å²) in [7, 11) is 1.87. The standard InChI is InChI=1S/C16H34N4/c1-5-20(6-2)13-7-12-18-16(17-4)19-15-10-8-14(3)9-11-15/h14-15H,5-13H2,1-4H3,(H2,17,18,19). The molecule has 1 rings (SSSR count). The van der Waals surface area contributed by atoms with Gasteiger partial charge < -0.3 is 15.5 Å². The summed E-state index contributed by atoms with van der Waals surface area (Å²) in [6.07, 6.45) is 6.42. The van der Waals surface area contributed by atoms with Crippen LogP contribution >= 0.6 is 0 Å². The predicted octanol–water partition coefficient (Wildman–Crippen LogP) is 2.46. The molecule has 1 aliphatic carbocycles. The first kappa shape index (κ1) is 17.3. The molecule has 0 radical (unpaired) electrons. The molecular formula is C16H34N4. The Kier molecular flexibility index (Phi) is 8.67. The Labute approximate surface area is 125 Å². The van der Waals surface area contributed by atoms with Crippen LogP contribution in [0.15, 0.2) is 4.99 Å². The smallest absolute Gasteiger partial charge is 0.191 e. The van der Waals surface area contributed by atoms with Crippen LogP contribution < -0.4 is 10.6 Å². The number of rotatable bonds is 7. The molecule has 0 aromatic rings. The fourth-order valence-corrected chi connectivity index (χ4v) is 2.84. The van der Waals surface area contributed by atoms with Crippen molar-refractivity contribution in [3.8, 4) is 0 Å². The SMILES string of the molecule is CCN(CC)CCCNC(=NC)NC1CCC(C)CC1. The highest BCUT2D eigenvalue weighted by molar-refractivity contribution is 5.79. The molecule has 2 N–H and O–H groups in total. The van der Waals surface area contributed by atoms with Crippen molar-refractivity contribution in [1.82, 2.24) is 15.5 Å². The van der Waals surface area contributed by atoms with Gasteiger partial charge in [0.05, 0.1) is 0 Å². The summed E-state index contributed by atoms with van der Waals surface area (Å²) in [4.78, 5) is 6.80. The molecule has 0 amide bonds. The van der Waals surface area contributed by atoms with Crippen LogP contribution in [0.25, 0.3) is 0 Å². The summed E-state index contributed by atoms with van der Waals surface area (Å²) in [5.74, 6) is 1.88. The molecule has 1 aliphatic rings. The van der Waals surface area contributed by atoms with Crippen LogP contribution in [0.4, 0.5) is 0 Å². The van der Waals surface area contributed by atoms with E-state index in [4.69, 9.17) is 0 Å². The van der Waals surface area contributed by atoms with Gasteiger partial charge in [-0.3, -0.25) is 4.99 Å². The third-order valence-corrected chi connectivity index (χ3v) is 4.42. The molecule has 0 spiro atoms. The number of nitrogens with zero attached hydrogens (tertiary/aromatic N) is 2. The van der Waals surface area contributed by atoms with Crippen molar-refractivity contribution in [3.63, 3.8) is 0 Å². The van der Waals surface area contributed by atoms with E-state index < -0.39 is 0 Å². The first-order chi connectivity index (χ1) is 9.69. The van der Waals surface area contributed by atoms with Crippen molar-refractivity contribution in [1.29, 1.82) is 0 Å². The lowest BCUT2D eigenvalue weighted by Gasteiger charge is -2.28. The minimum absolute atomic E-state index is 0.611. The first-order valence-electron chi connectivity index (χ1n) is 8.39. The Balaban J connectivity index is 2.17. The van der Waals surface area contributed by atoms with E-state index in [2.05, 4.69) is 41.3 Å². The lowest BCUT2D eigenvalue weighted by molar-refractivity contribution is 0.299. The zero-order valence-electron chi connectivity index (χ0n) is 13.9. The van der Waals surface area contributed by atoms with Gasteiger partial charge in [0.2, 0.25) is 0 Å². The summed E-state index contributed by atoms with van der Waals surface area (Å²) >= 11 is 0. The molecule has 118 valence electrons. The number of guanidine groups is 1. The first-order valence-corrected chi connectivity index (χ1v) is 8.39. The Bertz CT molecular complexity index is 266. The molecule has 0 unspecified atom stereocenters. The van der Waals surface area contributed by atoms with Crippen LogP contribution in [-0.2, 0) is 0 Å². The topological polar surface area (TPSA) is 39.7 Å². The molecule has 20 heavy (non-hydrogen) atoms. The van der Waals surface area contributed by atoms with E-state index >= 15 is 0 Å². The minimum Gasteiger partial charge on any atom is -0.356 e. The monoisotopic (exact) mass is 282 g/mol. The van der Waals surface area contributed by atoms with E-state index in [0.717, 1.165) is 38.1 Å². The van der Waals surface area contributed by atoms with Gasteiger partial charge in [0, 0.05) is 19.6 Å². The Morgan fingerprint density at radius 3 is 2.35 bits per heavy atom. The summed E-state index contributed by atoms with van der Waals surface area (Å²) in [5.41, 5.74) is 0. The van der Waals surface area contributed by atoms with Crippen LogP contribution in [0.3, 0.4) is 0 Å². The molecule has 0 aromatic carbocycles. The highest BCUT2D eigenvalue weighted by Crippen LogP contribution is 2.23. The lowest BCUT2D eigenvalue weighted by Crippen LogP contribution is -2.45. The number of hydrogen-bond donors (Lipinski definition) is 2. The van der Waals surface area contributed by atoms with E-state index in [1.54, 1.807) is 0 Å². The molecule has 0 aromatic heterocycles. The van der Waals surface area contributed by atoms with Crippen LogP contribution in [-0.4, -0.2) is 50.1 Å². The van der Waals surface area contributed by atoms with Crippen molar-refractivity contribution >= 4 is 5.96 Å². The van der Waals surface area contributed by atoms with Gasteiger partial charge in [-0.15, -0.1) is 0 Å². The third-order valence-electron chi connectivity index (χ3n) is 4.42. The summed E-state index contributed by atoms with van der Waals surface area (Å²) < 4.78 is 0. The molecule has 0 bridgehead atoms. The molecule has 4 heteroatoms. The maximum Gasteiger partial charge on any atom is 0.191 e. The molecule has 0 heterocycles. The van der Waals surface area contributed by atoms with Gasteiger partial charge in [-0.1, -0.05) is 20.8 Å². The molecule has 1 fully saturated rings. The largest absolute Gasteiger partial charge is 0.356 e. The Hall–Kier alpha value is -0.770. The van der Waals surface area contributed by atoms with Gasteiger partial charge in [-0.05, 0) is 57.7 Å². The van der Waals surface area contributed by atoms with Crippen LogP contribution in [0.5, 0.6) is 0 Å². The van der Waals surface area contributed by atoms with Gasteiger partial charge in [-0.25, -0.2) is 0 Å². The van der Waals surface area contributed by atoms with Gasteiger partial charge in [0.15, 0.2) is 5.96 Å². The average molecular weight is 282 g/mol. The Morgan fingerprint density at radius 2 is 1.80 bits per heavy atom. The normalized spacial score (nSPS) is 23.9. The predicted molar refractivity (Wildman–Crippen MR) is 88.3 cm³/mol. The minimum atomic E-state index is 0.611. The number of nitrogens with one attached hydrogen (secondary N) is 2. The second-order valence-corrected chi connectivity index (χ2v) is 5.98. The van der Waals surface area contributed by atoms with E-state index in [1.807, 2.05) is 7.05 Å². The number of aliphatic imine (C=N–C) groups is 1. The van der Waals surface area contributed by atoms with E-state index in [-0.39, 0.29) is 0 Å². The Morgan fingerprint density at radius 1 is 1.15 bits per heavy atom. The van der Waals surface area contributed by atoms with E-state index in [0.29, 0.717) is 6.04 Å². The third kappa shape index (κ3) is 6.60. The molecular weight excluding hydrogens is 248 g/mol. The zero-order valence-corrected chi connectivity index (χ0v) is 13.9. The summed E-state index contributed by atoms with van der Waals surface area (Å²) in [6, 6.07) is 0.611. The summed E-state index contributed by atoms with van der Waals surface area (Å²) in [6.45, 7) is 11.3. The fraction of sp³-hybridized carbons (Fsp3) is 0.938. The quantitative estimate of drug-likeness (QED) is 0.428. The maximum absolute atomic E-state index is 4.34. The second kappa shape index (κ2) is 10.0. The van der Waals surface area contributed by atoms with Gasteiger partial charge in [0.1, 0.15) is 0 Å². The van der Waals surface area contributed by atoms with Gasteiger partial charge >= 0.3 is 0 Å². The van der Waals surface area contributed by atoms with Crippen molar-refractivity contribution < 1.29 is 0 Å². The van der Waals surface area contributed by atoms with Crippen LogP contribution in [0.2, 0.25) is 0 Å². The molecule has 0 saturated heterocycles. The van der Waals surface area contributed by atoms with Crippen LogP contribution in [0, 0.1) is 5.92 Å². The van der Waals surface area contributed by atoms with Crippen molar-refractivity contribution in [2.45, 2.75) is 58.9 Å². The van der Waals surface area contributed by atoms with Crippen LogP contribution in [0.1, 0.15) is 52.9 Å². The molecule has 1 saturated carbocycles. The highest BCUT2D eigenvalue weighted by atomic mass is 15.2. The second-order valence-electron chi connectivity index (χ2n) is 5.98. The zero-order chi connectivity index (χ0) is 14.8. The average Bonchev–Trinajstić information content (AvgIpc) is 2.48. The summed E-state index contributed by atoms with van der Waals surface area (Å²) in [5, 5.41) is 7.01. The van der Waals surface area contributed by atoms with Crippen molar-refractivity contribution in [2.24, 2.45) is 10.9 Å². The van der Waals surface area contributed by atoms with Gasteiger partial charge in [0.25, 0.3) is 0 Å². The maximum atomic E-state index is 4.34. The van der Waals surface area contributed by atoms with Crippen molar-refractivity contribution in [3.05, 3.63) is 0 Å². The van der Waals surface area contributed by atoms with Crippen molar-refractivity contribution in [2.75, 3.05) is 33.2 Å². The van der Waals surface area contributed by atoms with Gasteiger partial charge in [-0.2, -0.15) is 0 Å². The molecule has 0 aliphatic heterocycles. The molecule has 0 atom stereocenters. The van der Waals surface area contributed by atoms with E-state index in [1.165, 1.54) is 32.1 Å². The lowest BCUT2D eigenvalue weighted by atomic mass is 9.87. The van der Waals surface area contributed by atoms with E-state index in [9.17, 15) is 0 Å². The fourth-order valence-electron chi connectivity index (χ4n) is 2.84. The molecule has 4 nitrogen and oxygen atoms in total.